The molecule has 35 heavy (non-hydrogen) atoms. The highest BCUT2D eigenvalue weighted by Crippen LogP contribution is 2.68. The lowest BCUT2D eigenvalue weighted by atomic mass is 9.45. The summed E-state index contributed by atoms with van der Waals surface area (Å²) in [4.78, 5) is 13.3. The molecule has 7 heteroatoms. The van der Waals surface area contributed by atoms with Gasteiger partial charge in [-0.3, -0.25) is 4.79 Å². The third kappa shape index (κ3) is 3.88. The van der Waals surface area contributed by atoms with Gasteiger partial charge in [0.1, 0.15) is 0 Å². The lowest BCUT2D eigenvalue weighted by Gasteiger charge is -2.60. The summed E-state index contributed by atoms with van der Waals surface area (Å²) in [5, 5.41) is 66.1. The Morgan fingerprint density at radius 2 is 1.69 bits per heavy atom. The van der Waals surface area contributed by atoms with Gasteiger partial charge in [0.2, 0.25) is 0 Å². The maximum atomic E-state index is 13.3. The first kappa shape index (κ1) is 27.2. The molecule has 0 spiro atoms. The highest BCUT2D eigenvalue weighted by atomic mass is 16.3. The molecule has 0 aromatic heterocycles. The van der Waals surface area contributed by atoms with Crippen molar-refractivity contribution in [2.75, 3.05) is 0 Å². The number of aliphatic hydroxyl groups excluding tert-OH is 3. The van der Waals surface area contributed by atoms with Crippen LogP contribution in [0.4, 0.5) is 0 Å². The van der Waals surface area contributed by atoms with E-state index >= 15 is 0 Å². The van der Waals surface area contributed by atoms with Crippen LogP contribution in [0.5, 0.6) is 0 Å². The van der Waals surface area contributed by atoms with E-state index in [-0.39, 0.29) is 36.4 Å². The number of fused-ring (bicyclic) bond motifs is 5. The third-order valence-electron chi connectivity index (χ3n) is 11.3. The molecule has 0 radical (unpaired) electrons. The van der Waals surface area contributed by atoms with Crippen molar-refractivity contribution in [1.82, 2.24) is 0 Å². The molecule has 0 aromatic carbocycles. The predicted molar refractivity (Wildman–Crippen MR) is 131 cm³/mol. The Morgan fingerprint density at radius 1 is 1.06 bits per heavy atom. The molecule has 0 saturated heterocycles. The van der Waals surface area contributed by atoms with E-state index in [1.54, 1.807) is 26.8 Å². The normalized spacial score (nSPS) is 47.1. The summed E-state index contributed by atoms with van der Waals surface area (Å²) in [6.07, 6.45) is 1.71. The summed E-state index contributed by atoms with van der Waals surface area (Å²) in [6.45, 7) is 10.9. The molecule has 0 aromatic rings. The zero-order valence-electron chi connectivity index (χ0n) is 22.2. The van der Waals surface area contributed by atoms with Gasteiger partial charge in [-0.05, 0) is 101 Å². The van der Waals surface area contributed by atoms with E-state index in [1.807, 2.05) is 20.8 Å². The maximum Gasteiger partial charge on any atom is 0.159 e. The number of allylic oxidation sites excluding steroid dienone is 1. The molecule has 3 saturated carbocycles. The molecule has 0 aliphatic heterocycles. The van der Waals surface area contributed by atoms with E-state index in [0.717, 1.165) is 0 Å². The summed E-state index contributed by atoms with van der Waals surface area (Å²) < 4.78 is 0. The number of rotatable bonds is 5. The zero-order valence-corrected chi connectivity index (χ0v) is 22.2. The number of carbonyl (C=O) groups excluding carboxylic acids is 1. The third-order valence-corrected chi connectivity index (χ3v) is 11.3. The number of aliphatic hydroxyl groups is 6. The molecule has 0 heterocycles. The first-order valence-electron chi connectivity index (χ1n) is 13.4. The largest absolute Gasteiger partial charge is 0.390 e. The van der Waals surface area contributed by atoms with Crippen molar-refractivity contribution < 1.29 is 35.4 Å². The van der Waals surface area contributed by atoms with Crippen molar-refractivity contribution in [1.29, 1.82) is 0 Å². The van der Waals surface area contributed by atoms with Gasteiger partial charge in [0.05, 0.1) is 35.1 Å². The average molecular weight is 495 g/mol. The molecule has 7 nitrogen and oxygen atoms in total. The van der Waals surface area contributed by atoms with Gasteiger partial charge in [0.15, 0.2) is 5.78 Å². The fourth-order valence-electron chi connectivity index (χ4n) is 8.40. The molecule has 11 atom stereocenters. The summed E-state index contributed by atoms with van der Waals surface area (Å²) in [7, 11) is 0. The van der Waals surface area contributed by atoms with Gasteiger partial charge in [0, 0.05) is 11.3 Å². The number of hydrogen-bond donors (Lipinski definition) is 6. The van der Waals surface area contributed by atoms with Gasteiger partial charge in [0.25, 0.3) is 0 Å². The molecule has 0 amide bonds. The minimum Gasteiger partial charge on any atom is -0.390 e. The van der Waals surface area contributed by atoms with E-state index in [4.69, 9.17) is 0 Å². The topological polar surface area (TPSA) is 138 Å². The summed E-state index contributed by atoms with van der Waals surface area (Å²) in [6, 6.07) is 0. The molecular formula is C28H46O7. The summed E-state index contributed by atoms with van der Waals surface area (Å²) >= 11 is 0. The zero-order chi connectivity index (χ0) is 26.4. The van der Waals surface area contributed by atoms with Crippen LogP contribution >= 0.6 is 0 Å². The first-order valence-corrected chi connectivity index (χ1v) is 13.4. The molecule has 200 valence electrons. The van der Waals surface area contributed by atoms with Crippen molar-refractivity contribution in [3.63, 3.8) is 0 Å². The second kappa shape index (κ2) is 8.34. The van der Waals surface area contributed by atoms with Crippen LogP contribution < -0.4 is 0 Å². The van der Waals surface area contributed by atoms with Crippen LogP contribution in [0.25, 0.3) is 0 Å². The number of carbonyl (C=O) groups is 1. The minimum atomic E-state index is -1.48. The van der Waals surface area contributed by atoms with Crippen LogP contribution in [0.3, 0.4) is 0 Å². The second-order valence-electron chi connectivity index (χ2n) is 13.6. The van der Waals surface area contributed by atoms with Crippen LogP contribution in [0.15, 0.2) is 11.6 Å². The van der Waals surface area contributed by atoms with Gasteiger partial charge in [-0.2, -0.15) is 0 Å². The van der Waals surface area contributed by atoms with Gasteiger partial charge in [-0.1, -0.05) is 20.8 Å². The van der Waals surface area contributed by atoms with E-state index in [1.165, 1.54) is 0 Å². The molecule has 4 rings (SSSR count). The SMILES string of the molecule is C[C@H](C[C@@H](O)[C@](C)(O)[C@H]1CC[C@@]2(O)C3=CC(=O)[C@@H]4C[C@@H](O)[C@@H](O)C[C@]4(C)C3CC[C@]12C)C(C)(C)O. The van der Waals surface area contributed by atoms with Gasteiger partial charge in [-0.25, -0.2) is 0 Å². The van der Waals surface area contributed by atoms with Crippen molar-refractivity contribution >= 4 is 5.78 Å². The Balaban J connectivity index is 1.67. The smallest absolute Gasteiger partial charge is 0.159 e. The minimum absolute atomic E-state index is 0.0887. The lowest BCUT2D eigenvalue weighted by molar-refractivity contribution is -0.179. The Bertz CT molecular complexity index is 890. The lowest BCUT2D eigenvalue weighted by Crippen LogP contribution is -2.63. The summed E-state index contributed by atoms with van der Waals surface area (Å²) in [5.41, 5.74) is -4.35. The predicted octanol–water partition coefficient (Wildman–Crippen LogP) is 2.10. The molecule has 6 N–H and O–H groups in total. The Kier molecular flexibility index (Phi) is 6.48. The number of hydrogen-bond acceptors (Lipinski definition) is 7. The van der Waals surface area contributed by atoms with Crippen LogP contribution in [0.1, 0.15) is 86.5 Å². The van der Waals surface area contributed by atoms with Crippen molar-refractivity contribution in [3.05, 3.63) is 11.6 Å². The molecule has 4 aliphatic carbocycles. The highest BCUT2D eigenvalue weighted by molar-refractivity contribution is 5.95. The van der Waals surface area contributed by atoms with Crippen LogP contribution in [-0.2, 0) is 4.79 Å². The van der Waals surface area contributed by atoms with E-state index in [2.05, 4.69) is 0 Å². The average Bonchev–Trinajstić information content (AvgIpc) is 3.01. The highest BCUT2D eigenvalue weighted by Gasteiger charge is 2.69. The van der Waals surface area contributed by atoms with Crippen LogP contribution in [0, 0.1) is 34.5 Å². The van der Waals surface area contributed by atoms with Gasteiger partial charge < -0.3 is 30.6 Å². The molecule has 4 aliphatic rings. The number of ketones is 1. The second-order valence-corrected chi connectivity index (χ2v) is 13.6. The Morgan fingerprint density at radius 3 is 2.29 bits per heavy atom. The fourth-order valence-corrected chi connectivity index (χ4v) is 8.40. The Hall–Kier alpha value is -0.830. The van der Waals surface area contributed by atoms with Crippen molar-refractivity contribution in [2.45, 2.75) is 122 Å². The maximum absolute atomic E-state index is 13.3. The Labute approximate surface area is 209 Å². The van der Waals surface area contributed by atoms with Crippen molar-refractivity contribution in [2.24, 2.45) is 34.5 Å². The first-order chi connectivity index (χ1) is 15.9. The van der Waals surface area contributed by atoms with Crippen LogP contribution in [-0.4, -0.2) is 71.5 Å². The van der Waals surface area contributed by atoms with E-state index < -0.39 is 51.9 Å². The molecule has 3 fully saturated rings. The van der Waals surface area contributed by atoms with Gasteiger partial charge >= 0.3 is 0 Å². The standard InChI is InChI=1S/C28H46O7/c1-15(24(2,3)33)11-23(32)27(6,34)22-8-10-28(35)17-12-19(29)18-13-20(30)21(31)14-25(18,4)16(17)7-9-26(22,28)5/h12,15-16,18,20-23,30-35H,7-11,13-14H2,1-6H3/t15-,16?,18+,20-,21+,22+,23-,25-,26-,27-,28-/m1/s1. The van der Waals surface area contributed by atoms with Gasteiger partial charge in [-0.15, -0.1) is 0 Å². The molecular weight excluding hydrogens is 448 g/mol. The fraction of sp³-hybridized carbons (Fsp3) is 0.893. The quantitative estimate of drug-likeness (QED) is 0.344. The monoisotopic (exact) mass is 494 g/mol. The molecule has 1 unspecified atom stereocenters. The van der Waals surface area contributed by atoms with E-state index in [0.29, 0.717) is 37.7 Å². The van der Waals surface area contributed by atoms with Crippen LogP contribution in [0.2, 0.25) is 0 Å². The molecule has 0 bridgehead atoms. The summed E-state index contributed by atoms with van der Waals surface area (Å²) in [5.74, 6) is -1.21. The van der Waals surface area contributed by atoms with Crippen molar-refractivity contribution in [3.8, 4) is 0 Å². The van der Waals surface area contributed by atoms with E-state index in [9.17, 15) is 35.4 Å².